The molecule has 0 bridgehead atoms. The van der Waals surface area contributed by atoms with E-state index in [1.807, 2.05) is 42.6 Å². The largest absolute Gasteiger partial charge is 0.489 e. The molecule has 0 spiro atoms. The van der Waals surface area contributed by atoms with Crippen molar-refractivity contribution in [3.05, 3.63) is 70.9 Å². The number of aromatic nitrogens is 2. The zero-order valence-electron chi connectivity index (χ0n) is 17.4. The van der Waals surface area contributed by atoms with Crippen LogP contribution >= 0.6 is 11.3 Å². The molecular weight excluding hydrogens is 426 g/mol. The molecule has 164 valence electrons. The molecule has 32 heavy (non-hydrogen) atoms. The maximum absolute atomic E-state index is 12.5. The summed E-state index contributed by atoms with van der Waals surface area (Å²) in [6.45, 7) is 2.59. The standard InChI is InChI=1S/C23H23N5O3S/c29-22(21-25-9-11-32-21)27-10-7-20(15-27)31-19-5-3-18(4-6-19)26-23(30)28-13-17(14-28)16-2-1-8-24-12-16/h1-6,8-9,11-12,17,20H,7,10,13-15H2,(H,26,30)/t20-/m1/s1. The maximum atomic E-state index is 12.5. The number of rotatable bonds is 5. The third-order valence-corrected chi connectivity index (χ3v) is 6.54. The molecule has 9 heteroatoms. The number of nitrogens with one attached hydrogen (secondary N) is 1. The number of urea groups is 1. The van der Waals surface area contributed by atoms with E-state index >= 15 is 0 Å². The molecule has 1 N–H and O–H groups in total. The van der Waals surface area contributed by atoms with Crippen LogP contribution in [0.5, 0.6) is 5.75 Å². The molecule has 0 aliphatic carbocycles. The molecule has 3 aromatic rings. The van der Waals surface area contributed by atoms with E-state index in [1.54, 1.807) is 27.6 Å². The number of hydrogen-bond donors (Lipinski definition) is 1. The van der Waals surface area contributed by atoms with Crippen LogP contribution in [0.4, 0.5) is 10.5 Å². The summed E-state index contributed by atoms with van der Waals surface area (Å²) in [7, 11) is 0. The highest BCUT2D eigenvalue weighted by Gasteiger charge is 2.32. The first-order chi connectivity index (χ1) is 15.7. The van der Waals surface area contributed by atoms with E-state index in [9.17, 15) is 9.59 Å². The van der Waals surface area contributed by atoms with Crippen molar-refractivity contribution in [2.75, 3.05) is 31.5 Å². The Morgan fingerprint density at radius 3 is 2.62 bits per heavy atom. The van der Waals surface area contributed by atoms with Gasteiger partial charge in [0.25, 0.3) is 5.91 Å². The molecule has 3 amide bonds. The minimum absolute atomic E-state index is 0.0408. The third kappa shape index (κ3) is 4.43. The van der Waals surface area contributed by atoms with Crippen LogP contribution in [0.15, 0.2) is 60.4 Å². The number of carbonyl (C=O) groups is 2. The molecule has 0 saturated carbocycles. The average molecular weight is 450 g/mol. The van der Waals surface area contributed by atoms with Crippen LogP contribution in [0.25, 0.3) is 0 Å². The van der Waals surface area contributed by atoms with Gasteiger partial charge in [0.2, 0.25) is 0 Å². The molecule has 2 fully saturated rings. The number of carbonyl (C=O) groups excluding carboxylic acids is 2. The first-order valence-electron chi connectivity index (χ1n) is 10.6. The van der Waals surface area contributed by atoms with Crippen molar-refractivity contribution in [2.45, 2.75) is 18.4 Å². The molecule has 0 radical (unpaired) electrons. The van der Waals surface area contributed by atoms with Gasteiger partial charge < -0.3 is 19.9 Å². The molecule has 2 aliphatic rings. The summed E-state index contributed by atoms with van der Waals surface area (Å²) in [5.41, 5.74) is 1.89. The molecule has 4 heterocycles. The van der Waals surface area contributed by atoms with Gasteiger partial charge in [-0.1, -0.05) is 6.07 Å². The van der Waals surface area contributed by atoms with Crippen molar-refractivity contribution < 1.29 is 14.3 Å². The van der Waals surface area contributed by atoms with Crippen LogP contribution in [0.3, 0.4) is 0 Å². The number of thiazole rings is 1. The quantitative estimate of drug-likeness (QED) is 0.645. The van der Waals surface area contributed by atoms with Crippen molar-refractivity contribution in [3.63, 3.8) is 0 Å². The molecule has 2 aliphatic heterocycles. The van der Waals surface area contributed by atoms with Gasteiger partial charge in [0.05, 0.1) is 6.54 Å². The number of amides is 3. The van der Waals surface area contributed by atoms with E-state index in [-0.39, 0.29) is 18.0 Å². The SMILES string of the molecule is O=C(Nc1ccc(O[C@@H]2CCN(C(=O)c3nccs3)C2)cc1)N1CC(c2cccnc2)C1. The molecule has 5 rings (SSSR count). The van der Waals surface area contributed by atoms with Gasteiger partial charge in [-0.05, 0) is 35.9 Å². The zero-order valence-corrected chi connectivity index (χ0v) is 18.2. The van der Waals surface area contributed by atoms with Gasteiger partial charge in [-0.15, -0.1) is 11.3 Å². The monoisotopic (exact) mass is 449 g/mol. The summed E-state index contributed by atoms with van der Waals surface area (Å²) in [4.78, 5) is 36.7. The number of anilines is 1. The summed E-state index contributed by atoms with van der Waals surface area (Å²) < 4.78 is 6.04. The number of ether oxygens (including phenoxy) is 1. The van der Waals surface area contributed by atoms with Crippen molar-refractivity contribution in [3.8, 4) is 5.75 Å². The van der Waals surface area contributed by atoms with Gasteiger partial charge >= 0.3 is 6.03 Å². The number of nitrogens with zero attached hydrogens (tertiary/aromatic N) is 4. The van der Waals surface area contributed by atoms with Crippen molar-refractivity contribution in [1.82, 2.24) is 19.8 Å². The van der Waals surface area contributed by atoms with E-state index < -0.39 is 0 Å². The molecule has 1 aromatic carbocycles. The Hall–Kier alpha value is -3.46. The van der Waals surface area contributed by atoms with Crippen LogP contribution in [0.1, 0.15) is 27.7 Å². The summed E-state index contributed by atoms with van der Waals surface area (Å²) in [5, 5.41) is 5.25. The summed E-state index contributed by atoms with van der Waals surface area (Å²) in [6, 6.07) is 11.2. The lowest BCUT2D eigenvalue weighted by atomic mass is 9.93. The Balaban J connectivity index is 1.09. The van der Waals surface area contributed by atoms with Crippen LogP contribution in [0, 0.1) is 0 Å². The fourth-order valence-electron chi connectivity index (χ4n) is 3.96. The smallest absolute Gasteiger partial charge is 0.321 e. The first-order valence-corrected chi connectivity index (χ1v) is 11.4. The molecule has 8 nitrogen and oxygen atoms in total. The fraction of sp³-hybridized carbons (Fsp3) is 0.304. The van der Waals surface area contributed by atoms with Gasteiger partial charge in [0, 0.05) is 61.6 Å². The van der Waals surface area contributed by atoms with Crippen LogP contribution in [-0.4, -0.2) is 64.0 Å². The van der Waals surface area contributed by atoms with Gasteiger partial charge in [-0.25, -0.2) is 9.78 Å². The van der Waals surface area contributed by atoms with Gasteiger partial charge in [0.1, 0.15) is 11.9 Å². The minimum atomic E-state index is -0.106. The lowest BCUT2D eigenvalue weighted by molar-refractivity contribution is 0.0772. The van der Waals surface area contributed by atoms with E-state index in [2.05, 4.69) is 15.3 Å². The Kier molecular flexibility index (Phi) is 5.72. The summed E-state index contributed by atoms with van der Waals surface area (Å²) in [5.74, 6) is 1.02. The Morgan fingerprint density at radius 2 is 1.91 bits per heavy atom. The highest BCUT2D eigenvalue weighted by Crippen LogP contribution is 2.27. The lowest BCUT2D eigenvalue weighted by Crippen LogP contribution is -2.50. The normalized spacial score (nSPS) is 18.3. The van der Waals surface area contributed by atoms with E-state index in [4.69, 9.17) is 4.74 Å². The molecular formula is C23H23N5O3S. The molecule has 0 unspecified atom stereocenters. The second kappa shape index (κ2) is 8.96. The van der Waals surface area contributed by atoms with E-state index in [0.717, 1.165) is 23.4 Å². The lowest BCUT2D eigenvalue weighted by Gasteiger charge is -2.39. The van der Waals surface area contributed by atoms with Crippen LogP contribution < -0.4 is 10.1 Å². The second-order valence-corrected chi connectivity index (χ2v) is 8.85. The van der Waals surface area contributed by atoms with Crippen LogP contribution in [-0.2, 0) is 0 Å². The predicted molar refractivity (Wildman–Crippen MR) is 121 cm³/mol. The Labute approximate surface area is 189 Å². The second-order valence-electron chi connectivity index (χ2n) is 7.96. The van der Waals surface area contributed by atoms with Crippen LogP contribution in [0.2, 0.25) is 0 Å². The molecule has 1 atom stereocenters. The maximum Gasteiger partial charge on any atom is 0.321 e. The molecule has 2 saturated heterocycles. The van der Waals surface area contributed by atoms with Gasteiger partial charge in [0.15, 0.2) is 5.01 Å². The highest BCUT2D eigenvalue weighted by molar-refractivity contribution is 7.11. The summed E-state index contributed by atoms with van der Waals surface area (Å²) >= 11 is 1.35. The van der Waals surface area contributed by atoms with E-state index in [1.165, 1.54) is 11.3 Å². The zero-order chi connectivity index (χ0) is 21.9. The van der Waals surface area contributed by atoms with Crippen molar-refractivity contribution in [2.24, 2.45) is 0 Å². The van der Waals surface area contributed by atoms with E-state index in [0.29, 0.717) is 37.1 Å². The number of pyridine rings is 1. The number of hydrogen-bond acceptors (Lipinski definition) is 6. The Morgan fingerprint density at radius 1 is 1.06 bits per heavy atom. The number of benzene rings is 1. The molecule has 2 aromatic heterocycles. The predicted octanol–water partition coefficient (Wildman–Crippen LogP) is 3.46. The topological polar surface area (TPSA) is 87.7 Å². The van der Waals surface area contributed by atoms with Crippen molar-refractivity contribution >= 4 is 29.0 Å². The van der Waals surface area contributed by atoms with Gasteiger partial charge in [-0.3, -0.25) is 9.78 Å². The average Bonchev–Trinajstić information content (AvgIpc) is 3.47. The third-order valence-electron chi connectivity index (χ3n) is 5.78. The first kappa shape index (κ1) is 20.4. The number of likely N-dealkylation sites (tertiary alicyclic amines) is 2. The van der Waals surface area contributed by atoms with Gasteiger partial charge in [-0.2, -0.15) is 0 Å². The Bertz CT molecular complexity index is 1070. The van der Waals surface area contributed by atoms with Crippen molar-refractivity contribution in [1.29, 1.82) is 0 Å². The fourth-order valence-corrected chi connectivity index (χ4v) is 4.56. The minimum Gasteiger partial charge on any atom is -0.489 e. The summed E-state index contributed by atoms with van der Waals surface area (Å²) in [6.07, 6.45) is 5.98. The highest BCUT2D eigenvalue weighted by atomic mass is 32.1.